The molecule has 1 saturated heterocycles. The molecule has 1 aliphatic rings. The van der Waals surface area contributed by atoms with Gasteiger partial charge in [0.1, 0.15) is 5.82 Å². The SMILES string of the molecule is OC1(c2ccc(Br)cc2)CCN(CCCCc2ccc(F)cc2)CC1. The van der Waals surface area contributed by atoms with E-state index in [9.17, 15) is 9.50 Å². The van der Waals surface area contributed by atoms with Crippen LogP contribution in [0.1, 0.15) is 36.8 Å². The van der Waals surface area contributed by atoms with Gasteiger partial charge in [0.2, 0.25) is 0 Å². The molecule has 3 rings (SSSR count). The molecule has 1 N–H and O–H groups in total. The number of nitrogens with zero attached hydrogens (tertiary/aromatic N) is 1. The van der Waals surface area contributed by atoms with Crippen molar-refractivity contribution < 1.29 is 9.50 Å². The van der Waals surface area contributed by atoms with E-state index in [0.29, 0.717) is 0 Å². The highest BCUT2D eigenvalue weighted by atomic mass is 79.9. The first kappa shape index (κ1) is 18.6. The number of unbranched alkanes of at least 4 members (excludes halogenated alkanes) is 1. The van der Waals surface area contributed by atoms with Crippen LogP contribution in [-0.4, -0.2) is 29.6 Å². The molecule has 1 fully saturated rings. The summed E-state index contributed by atoms with van der Waals surface area (Å²) >= 11 is 3.44. The lowest BCUT2D eigenvalue weighted by molar-refractivity contribution is -0.0260. The Morgan fingerprint density at radius 1 is 0.960 bits per heavy atom. The van der Waals surface area contributed by atoms with Crippen LogP contribution in [0.15, 0.2) is 53.0 Å². The molecule has 0 bridgehead atoms. The van der Waals surface area contributed by atoms with Crippen molar-refractivity contribution in [3.8, 4) is 0 Å². The predicted molar refractivity (Wildman–Crippen MR) is 103 cm³/mol. The Morgan fingerprint density at radius 2 is 1.60 bits per heavy atom. The zero-order chi connectivity index (χ0) is 17.7. The first-order chi connectivity index (χ1) is 12.0. The lowest BCUT2D eigenvalue weighted by atomic mass is 9.84. The zero-order valence-electron chi connectivity index (χ0n) is 14.4. The maximum atomic E-state index is 12.9. The van der Waals surface area contributed by atoms with E-state index in [2.05, 4.69) is 20.8 Å². The van der Waals surface area contributed by atoms with Crippen molar-refractivity contribution in [2.75, 3.05) is 19.6 Å². The molecular formula is C21H25BrFNO. The number of benzene rings is 2. The Kier molecular flexibility index (Phi) is 6.26. The van der Waals surface area contributed by atoms with Gasteiger partial charge in [0.05, 0.1) is 5.60 Å². The van der Waals surface area contributed by atoms with Crippen LogP contribution in [0.3, 0.4) is 0 Å². The lowest BCUT2D eigenvalue weighted by Crippen LogP contribution is -2.42. The van der Waals surface area contributed by atoms with Gasteiger partial charge < -0.3 is 10.0 Å². The van der Waals surface area contributed by atoms with Gasteiger partial charge in [-0.3, -0.25) is 0 Å². The first-order valence-electron chi connectivity index (χ1n) is 9.00. The van der Waals surface area contributed by atoms with Crippen LogP contribution in [0.4, 0.5) is 4.39 Å². The van der Waals surface area contributed by atoms with Gasteiger partial charge in [0, 0.05) is 17.6 Å². The third kappa shape index (κ3) is 5.13. The minimum Gasteiger partial charge on any atom is -0.385 e. The summed E-state index contributed by atoms with van der Waals surface area (Å²) in [4.78, 5) is 2.44. The third-order valence-corrected chi connectivity index (χ3v) is 5.70. The Labute approximate surface area is 157 Å². The molecule has 0 radical (unpaired) electrons. The average molecular weight is 406 g/mol. The van der Waals surface area contributed by atoms with Crippen LogP contribution in [0.2, 0.25) is 0 Å². The largest absolute Gasteiger partial charge is 0.385 e. The van der Waals surface area contributed by atoms with E-state index in [4.69, 9.17) is 0 Å². The molecular weight excluding hydrogens is 381 g/mol. The van der Waals surface area contributed by atoms with E-state index in [-0.39, 0.29) is 5.82 Å². The highest BCUT2D eigenvalue weighted by Gasteiger charge is 2.33. The molecule has 0 spiro atoms. The van der Waals surface area contributed by atoms with E-state index < -0.39 is 5.60 Å². The molecule has 0 saturated carbocycles. The molecule has 134 valence electrons. The summed E-state index contributed by atoms with van der Waals surface area (Å²) in [6.45, 7) is 2.93. The van der Waals surface area contributed by atoms with Crippen LogP contribution >= 0.6 is 15.9 Å². The lowest BCUT2D eigenvalue weighted by Gasteiger charge is -2.38. The van der Waals surface area contributed by atoms with Crippen molar-refractivity contribution in [1.82, 2.24) is 4.90 Å². The monoisotopic (exact) mass is 405 g/mol. The van der Waals surface area contributed by atoms with Gasteiger partial charge >= 0.3 is 0 Å². The Balaban J connectivity index is 1.40. The van der Waals surface area contributed by atoms with Crippen molar-refractivity contribution in [2.45, 2.75) is 37.7 Å². The number of aryl methyl sites for hydroxylation is 1. The molecule has 0 unspecified atom stereocenters. The minimum atomic E-state index is -0.689. The van der Waals surface area contributed by atoms with Crippen molar-refractivity contribution >= 4 is 15.9 Å². The second-order valence-electron chi connectivity index (χ2n) is 6.96. The standard InChI is InChI=1S/C21H25BrFNO/c22-19-8-6-18(7-9-19)21(25)12-15-24(16-13-21)14-2-1-3-17-4-10-20(23)11-5-17/h4-11,25H,1-3,12-16H2. The van der Waals surface area contributed by atoms with Crippen molar-refractivity contribution in [2.24, 2.45) is 0 Å². The van der Waals surface area contributed by atoms with Gasteiger partial charge in [0.15, 0.2) is 0 Å². The van der Waals surface area contributed by atoms with E-state index in [1.54, 1.807) is 0 Å². The third-order valence-electron chi connectivity index (χ3n) is 5.17. The summed E-state index contributed by atoms with van der Waals surface area (Å²) in [6, 6.07) is 14.8. The number of piperidine rings is 1. The van der Waals surface area contributed by atoms with E-state index in [1.807, 2.05) is 36.4 Å². The molecule has 25 heavy (non-hydrogen) atoms. The van der Waals surface area contributed by atoms with Crippen molar-refractivity contribution in [1.29, 1.82) is 0 Å². The van der Waals surface area contributed by atoms with E-state index in [0.717, 1.165) is 61.8 Å². The van der Waals surface area contributed by atoms with Gasteiger partial charge in [-0.25, -0.2) is 4.39 Å². The maximum Gasteiger partial charge on any atom is 0.123 e. The first-order valence-corrected chi connectivity index (χ1v) is 9.80. The quantitative estimate of drug-likeness (QED) is 0.691. The second-order valence-corrected chi connectivity index (χ2v) is 7.88. The summed E-state index contributed by atoms with van der Waals surface area (Å²) in [7, 11) is 0. The second kappa shape index (κ2) is 8.43. The topological polar surface area (TPSA) is 23.5 Å². The molecule has 1 heterocycles. The average Bonchev–Trinajstić information content (AvgIpc) is 2.62. The summed E-state index contributed by atoms with van der Waals surface area (Å²) < 4.78 is 13.9. The predicted octanol–water partition coefficient (Wildman–Crippen LogP) is 4.89. The fourth-order valence-electron chi connectivity index (χ4n) is 3.51. The van der Waals surface area contributed by atoms with Gasteiger partial charge in [-0.05, 0) is 74.0 Å². The minimum absolute atomic E-state index is 0.171. The number of hydrogen-bond acceptors (Lipinski definition) is 2. The molecule has 2 nitrogen and oxygen atoms in total. The van der Waals surface area contributed by atoms with Gasteiger partial charge in [-0.1, -0.05) is 40.2 Å². The van der Waals surface area contributed by atoms with Crippen LogP contribution < -0.4 is 0 Å². The molecule has 1 aliphatic heterocycles. The van der Waals surface area contributed by atoms with Gasteiger partial charge in [-0.15, -0.1) is 0 Å². The van der Waals surface area contributed by atoms with Crippen LogP contribution in [0.25, 0.3) is 0 Å². The highest BCUT2D eigenvalue weighted by molar-refractivity contribution is 9.10. The van der Waals surface area contributed by atoms with Gasteiger partial charge in [-0.2, -0.15) is 0 Å². The summed E-state index contributed by atoms with van der Waals surface area (Å²) in [5.74, 6) is -0.171. The number of rotatable bonds is 6. The molecule has 2 aromatic carbocycles. The van der Waals surface area contributed by atoms with Gasteiger partial charge in [0.25, 0.3) is 0 Å². The molecule has 4 heteroatoms. The number of aliphatic hydroxyl groups is 1. The smallest absolute Gasteiger partial charge is 0.123 e. The van der Waals surface area contributed by atoms with Crippen LogP contribution in [0, 0.1) is 5.82 Å². The zero-order valence-corrected chi connectivity index (χ0v) is 16.0. The Hall–Kier alpha value is -1.23. The number of halogens is 2. The summed E-state index contributed by atoms with van der Waals surface area (Å²) in [5, 5.41) is 10.9. The van der Waals surface area contributed by atoms with Crippen molar-refractivity contribution in [3.05, 3.63) is 69.9 Å². The molecule has 0 atom stereocenters. The highest BCUT2D eigenvalue weighted by Crippen LogP contribution is 2.33. The Bertz CT molecular complexity index is 663. The van der Waals surface area contributed by atoms with Crippen molar-refractivity contribution in [3.63, 3.8) is 0 Å². The van der Waals surface area contributed by atoms with E-state index >= 15 is 0 Å². The molecule has 0 aromatic heterocycles. The van der Waals surface area contributed by atoms with E-state index in [1.165, 1.54) is 17.7 Å². The van der Waals surface area contributed by atoms with Crippen LogP contribution in [0.5, 0.6) is 0 Å². The molecule has 0 amide bonds. The molecule has 2 aromatic rings. The summed E-state index contributed by atoms with van der Waals surface area (Å²) in [6.07, 6.45) is 4.81. The summed E-state index contributed by atoms with van der Waals surface area (Å²) in [5.41, 5.74) is 1.53. The number of likely N-dealkylation sites (tertiary alicyclic amines) is 1. The Morgan fingerprint density at radius 3 is 2.24 bits per heavy atom. The van der Waals surface area contributed by atoms with Crippen LogP contribution in [-0.2, 0) is 12.0 Å². The normalized spacial score (nSPS) is 17.6. The number of hydrogen-bond donors (Lipinski definition) is 1. The molecule has 0 aliphatic carbocycles. The fourth-order valence-corrected chi connectivity index (χ4v) is 3.78. The maximum absolute atomic E-state index is 12.9. The fraction of sp³-hybridized carbons (Fsp3) is 0.429.